The van der Waals surface area contributed by atoms with Crippen LogP contribution in [0.1, 0.15) is 13.8 Å². The second kappa shape index (κ2) is 7.04. The van der Waals surface area contributed by atoms with Gasteiger partial charge in [-0.25, -0.2) is 4.68 Å². The van der Waals surface area contributed by atoms with Gasteiger partial charge in [-0.3, -0.25) is 9.59 Å². The van der Waals surface area contributed by atoms with Crippen LogP contribution >= 0.6 is 0 Å². The van der Waals surface area contributed by atoms with Gasteiger partial charge in [0.15, 0.2) is 0 Å². The summed E-state index contributed by atoms with van der Waals surface area (Å²) in [5.74, 6) is 0.173. The molecule has 1 aromatic heterocycles. The van der Waals surface area contributed by atoms with E-state index in [9.17, 15) is 9.59 Å². The summed E-state index contributed by atoms with van der Waals surface area (Å²) in [6.07, 6.45) is 1.34. The van der Waals surface area contributed by atoms with Crippen LogP contribution in [0.5, 0.6) is 0 Å². The Hall–Kier alpha value is -2.70. The first-order valence-electron chi connectivity index (χ1n) is 8.50. The molecular formula is C18H23N5O2. The molecule has 0 spiro atoms. The fraction of sp³-hybridized carbons (Fsp3) is 0.444. The number of aromatic nitrogens is 3. The lowest BCUT2D eigenvalue weighted by atomic mass is 9.99. The van der Waals surface area contributed by atoms with Gasteiger partial charge in [-0.1, -0.05) is 37.8 Å². The molecule has 1 fully saturated rings. The summed E-state index contributed by atoms with van der Waals surface area (Å²) in [5.41, 5.74) is 1.62. The second-order valence-corrected chi connectivity index (χ2v) is 6.62. The van der Waals surface area contributed by atoms with Gasteiger partial charge in [0.25, 0.3) is 0 Å². The molecule has 1 atom stereocenters. The first-order valence-corrected chi connectivity index (χ1v) is 8.50. The highest BCUT2D eigenvalue weighted by molar-refractivity contribution is 5.87. The highest BCUT2D eigenvalue weighted by atomic mass is 16.2. The van der Waals surface area contributed by atoms with E-state index in [2.05, 4.69) is 30.7 Å². The maximum absolute atomic E-state index is 12.7. The highest BCUT2D eigenvalue weighted by Crippen LogP contribution is 2.18. The minimum atomic E-state index is -0.0759. The molecule has 1 aromatic carbocycles. The smallest absolute Gasteiger partial charge is 0.246 e. The third kappa shape index (κ3) is 3.40. The van der Waals surface area contributed by atoms with E-state index in [0.29, 0.717) is 19.6 Å². The number of nitrogens with zero attached hydrogens (tertiary/aromatic N) is 5. The van der Waals surface area contributed by atoms with Crippen molar-refractivity contribution in [3.8, 4) is 0 Å². The van der Waals surface area contributed by atoms with E-state index in [1.807, 2.05) is 34.1 Å². The third-order valence-electron chi connectivity index (χ3n) is 4.70. The van der Waals surface area contributed by atoms with Crippen LogP contribution in [-0.4, -0.2) is 62.3 Å². The summed E-state index contributed by atoms with van der Waals surface area (Å²) in [7, 11) is 0. The molecule has 2 heterocycles. The van der Waals surface area contributed by atoms with Crippen LogP contribution in [-0.2, 0) is 16.1 Å². The van der Waals surface area contributed by atoms with Crippen LogP contribution < -0.4 is 0 Å². The molecule has 132 valence electrons. The maximum atomic E-state index is 12.7. The van der Waals surface area contributed by atoms with Crippen LogP contribution in [0.25, 0.3) is 11.0 Å². The van der Waals surface area contributed by atoms with Crippen molar-refractivity contribution < 1.29 is 9.59 Å². The largest absolute Gasteiger partial charge is 0.337 e. The predicted octanol–water partition coefficient (Wildman–Crippen LogP) is 1.31. The number of hydrogen-bond donors (Lipinski definition) is 0. The summed E-state index contributed by atoms with van der Waals surface area (Å²) >= 11 is 0. The van der Waals surface area contributed by atoms with Gasteiger partial charge in [-0.05, 0) is 24.1 Å². The monoisotopic (exact) mass is 341 g/mol. The molecule has 3 rings (SSSR count). The third-order valence-corrected chi connectivity index (χ3v) is 4.70. The van der Waals surface area contributed by atoms with E-state index in [1.165, 1.54) is 6.08 Å². The quantitative estimate of drug-likeness (QED) is 0.786. The topological polar surface area (TPSA) is 71.3 Å². The maximum Gasteiger partial charge on any atom is 0.246 e. The Morgan fingerprint density at radius 3 is 2.80 bits per heavy atom. The Bertz CT molecular complexity index is 798. The number of carbonyl (C=O) groups excluding carboxylic acids is 2. The van der Waals surface area contributed by atoms with E-state index < -0.39 is 0 Å². The highest BCUT2D eigenvalue weighted by Gasteiger charge is 2.33. The minimum absolute atomic E-state index is 0.00399. The summed E-state index contributed by atoms with van der Waals surface area (Å²) in [4.78, 5) is 28.4. The molecule has 7 nitrogen and oxygen atoms in total. The second-order valence-electron chi connectivity index (χ2n) is 6.62. The molecule has 1 aliphatic heterocycles. The lowest BCUT2D eigenvalue weighted by molar-refractivity contribution is -0.142. The zero-order valence-electron chi connectivity index (χ0n) is 14.6. The average Bonchev–Trinajstić information content (AvgIpc) is 3.03. The van der Waals surface area contributed by atoms with Gasteiger partial charge in [-0.2, -0.15) is 0 Å². The van der Waals surface area contributed by atoms with E-state index in [-0.39, 0.29) is 30.3 Å². The van der Waals surface area contributed by atoms with E-state index in [4.69, 9.17) is 0 Å². The number of hydrogen-bond acceptors (Lipinski definition) is 4. The molecular weight excluding hydrogens is 318 g/mol. The Morgan fingerprint density at radius 1 is 1.32 bits per heavy atom. The minimum Gasteiger partial charge on any atom is -0.337 e. The predicted molar refractivity (Wildman–Crippen MR) is 94.6 cm³/mol. The Balaban J connectivity index is 1.72. The summed E-state index contributed by atoms with van der Waals surface area (Å²) in [6.45, 7) is 9.43. The summed E-state index contributed by atoms with van der Waals surface area (Å²) in [5, 5.41) is 8.17. The number of amides is 2. The van der Waals surface area contributed by atoms with Gasteiger partial charge in [0.05, 0.1) is 11.6 Å². The molecule has 0 bridgehead atoms. The van der Waals surface area contributed by atoms with E-state index in [1.54, 1.807) is 4.68 Å². The Morgan fingerprint density at radius 2 is 2.08 bits per heavy atom. The first-order chi connectivity index (χ1) is 12.0. The molecule has 1 saturated heterocycles. The van der Waals surface area contributed by atoms with Gasteiger partial charge in [0.1, 0.15) is 12.1 Å². The van der Waals surface area contributed by atoms with Crippen molar-refractivity contribution in [1.82, 2.24) is 24.8 Å². The number of carbonyl (C=O) groups is 2. The fourth-order valence-electron chi connectivity index (χ4n) is 3.26. The van der Waals surface area contributed by atoms with Gasteiger partial charge < -0.3 is 9.80 Å². The number of benzene rings is 1. The molecule has 0 N–H and O–H groups in total. The normalized spacial score (nSPS) is 18.0. The Labute approximate surface area is 146 Å². The zero-order valence-corrected chi connectivity index (χ0v) is 14.6. The summed E-state index contributed by atoms with van der Waals surface area (Å²) in [6, 6.07) is 7.57. The molecule has 0 radical (unpaired) electrons. The zero-order chi connectivity index (χ0) is 18.0. The average molecular weight is 341 g/mol. The fourth-order valence-corrected chi connectivity index (χ4v) is 3.26. The van der Waals surface area contributed by atoms with Crippen LogP contribution in [0, 0.1) is 5.92 Å². The van der Waals surface area contributed by atoms with Gasteiger partial charge in [-0.15, -0.1) is 5.10 Å². The first kappa shape index (κ1) is 17.1. The van der Waals surface area contributed by atoms with Gasteiger partial charge >= 0.3 is 0 Å². The lowest BCUT2D eigenvalue weighted by Crippen LogP contribution is -2.58. The van der Waals surface area contributed by atoms with Crippen LogP contribution in [0.2, 0.25) is 0 Å². The Kier molecular flexibility index (Phi) is 4.83. The molecule has 1 aliphatic rings. The number of fused-ring (bicyclic) bond motifs is 1. The standard InChI is InChI=1S/C18H23N5O2/c1-4-17(24)22-10-9-21(11-16(22)13(2)3)18(25)12-23-15-8-6-5-7-14(15)19-20-23/h4-8,13,16H,1,9-12H2,2-3H3/t16-/m1/s1. The lowest BCUT2D eigenvalue weighted by Gasteiger charge is -2.43. The SMILES string of the molecule is C=CC(=O)N1CCN(C(=O)Cn2nnc3ccccc32)C[C@@H]1C(C)C. The van der Waals surface area contributed by atoms with E-state index in [0.717, 1.165) is 11.0 Å². The molecule has 0 saturated carbocycles. The molecule has 0 aliphatic carbocycles. The number of piperazine rings is 1. The van der Waals surface area contributed by atoms with Crippen LogP contribution in [0.4, 0.5) is 0 Å². The van der Waals surface area contributed by atoms with Crippen molar-refractivity contribution in [2.45, 2.75) is 26.4 Å². The van der Waals surface area contributed by atoms with Crippen molar-refractivity contribution in [1.29, 1.82) is 0 Å². The van der Waals surface area contributed by atoms with Crippen molar-refractivity contribution in [3.05, 3.63) is 36.9 Å². The molecule has 25 heavy (non-hydrogen) atoms. The number of rotatable bonds is 4. The van der Waals surface area contributed by atoms with E-state index >= 15 is 0 Å². The van der Waals surface area contributed by atoms with Gasteiger partial charge in [0, 0.05) is 19.6 Å². The number of para-hydroxylation sites is 1. The molecule has 7 heteroatoms. The van der Waals surface area contributed by atoms with Gasteiger partial charge in [0.2, 0.25) is 11.8 Å². The molecule has 0 unspecified atom stereocenters. The van der Waals surface area contributed by atoms with Crippen LogP contribution in [0.3, 0.4) is 0 Å². The van der Waals surface area contributed by atoms with Crippen LogP contribution in [0.15, 0.2) is 36.9 Å². The van der Waals surface area contributed by atoms with Crippen molar-refractivity contribution in [2.75, 3.05) is 19.6 Å². The molecule has 2 aromatic rings. The molecule has 2 amide bonds. The van der Waals surface area contributed by atoms with Crippen molar-refractivity contribution in [2.24, 2.45) is 5.92 Å². The van der Waals surface area contributed by atoms with Crippen molar-refractivity contribution in [3.63, 3.8) is 0 Å². The summed E-state index contributed by atoms with van der Waals surface area (Å²) < 4.78 is 1.63. The van der Waals surface area contributed by atoms with Crippen molar-refractivity contribution >= 4 is 22.8 Å².